The van der Waals surface area contributed by atoms with Crippen LogP contribution in [0, 0.1) is 16.7 Å². The SMILES string of the molecule is CNCC1(CC2CCCO2)CCC(C(C)(C)C)CC1. The Morgan fingerprint density at radius 3 is 2.32 bits per heavy atom. The van der Waals surface area contributed by atoms with Gasteiger partial charge in [0, 0.05) is 13.2 Å². The Hall–Kier alpha value is -0.0800. The average molecular weight is 267 g/mol. The van der Waals surface area contributed by atoms with E-state index in [0.717, 1.165) is 12.5 Å². The molecule has 0 amide bonds. The van der Waals surface area contributed by atoms with Crippen molar-refractivity contribution in [3.63, 3.8) is 0 Å². The number of hydrogen-bond acceptors (Lipinski definition) is 2. The van der Waals surface area contributed by atoms with Crippen LogP contribution in [0.15, 0.2) is 0 Å². The first-order valence-corrected chi connectivity index (χ1v) is 8.21. The van der Waals surface area contributed by atoms with Crippen LogP contribution < -0.4 is 5.32 Å². The Kier molecular flexibility index (Phi) is 4.94. The third-order valence-electron chi connectivity index (χ3n) is 5.51. The summed E-state index contributed by atoms with van der Waals surface area (Å²) in [7, 11) is 2.10. The maximum atomic E-state index is 5.89. The Morgan fingerprint density at radius 2 is 1.84 bits per heavy atom. The highest BCUT2D eigenvalue weighted by Crippen LogP contribution is 2.48. The predicted octanol–water partition coefficient (Wildman–Crippen LogP) is 4.00. The van der Waals surface area contributed by atoms with Crippen molar-refractivity contribution in [1.29, 1.82) is 0 Å². The Morgan fingerprint density at radius 1 is 1.16 bits per heavy atom. The Labute approximate surface area is 119 Å². The van der Waals surface area contributed by atoms with E-state index in [-0.39, 0.29) is 0 Å². The van der Waals surface area contributed by atoms with Gasteiger partial charge < -0.3 is 10.1 Å². The lowest BCUT2D eigenvalue weighted by Crippen LogP contribution is -2.41. The first kappa shape index (κ1) is 15.3. The third-order valence-corrected chi connectivity index (χ3v) is 5.51. The topological polar surface area (TPSA) is 21.3 Å². The second-order valence-electron chi connectivity index (χ2n) is 8.01. The van der Waals surface area contributed by atoms with Crippen molar-refractivity contribution in [3.05, 3.63) is 0 Å². The van der Waals surface area contributed by atoms with E-state index in [1.54, 1.807) is 0 Å². The van der Waals surface area contributed by atoms with Gasteiger partial charge in [0.2, 0.25) is 0 Å². The molecule has 0 aromatic rings. The van der Waals surface area contributed by atoms with Gasteiger partial charge in [0.25, 0.3) is 0 Å². The molecule has 19 heavy (non-hydrogen) atoms. The highest BCUT2D eigenvalue weighted by atomic mass is 16.5. The summed E-state index contributed by atoms with van der Waals surface area (Å²) >= 11 is 0. The van der Waals surface area contributed by atoms with E-state index in [4.69, 9.17) is 4.74 Å². The molecule has 0 bridgehead atoms. The lowest BCUT2D eigenvalue weighted by molar-refractivity contribution is 0.0213. The van der Waals surface area contributed by atoms with Gasteiger partial charge in [0.05, 0.1) is 6.10 Å². The maximum absolute atomic E-state index is 5.89. The lowest BCUT2D eigenvalue weighted by atomic mass is 9.62. The summed E-state index contributed by atoms with van der Waals surface area (Å²) in [6.45, 7) is 9.38. The van der Waals surface area contributed by atoms with Crippen LogP contribution in [0.25, 0.3) is 0 Å². The Bertz CT molecular complexity index is 267. The molecular formula is C17H33NO. The first-order valence-electron chi connectivity index (χ1n) is 8.21. The van der Waals surface area contributed by atoms with Crippen molar-refractivity contribution in [2.45, 2.75) is 71.8 Å². The molecule has 2 nitrogen and oxygen atoms in total. The van der Waals surface area contributed by atoms with Crippen LogP contribution in [-0.4, -0.2) is 26.3 Å². The first-order chi connectivity index (χ1) is 8.95. The van der Waals surface area contributed by atoms with Gasteiger partial charge in [-0.25, -0.2) is 0 Å². The molecule has 0 spiro atoms. The summed E-state index contributed by atoms with van der Waals surface area (Å²) in [6.07, 6.45) is 9.95. The molecule has 0 radical (unpaired) electrons. The zero-order valence-electron chi connectivity index (χ0n) is 13.4. The molecule has 1 aliphatic carbocycles. The smallest absolute Gasteiger partial charge is 0.0581 e. The lowest BCUT2D eigenvalue weighted by Gasteiger charge is -2.45. The molecular weight excluding hydrogens is 234 g/mol. The molecule has 1 saturated carbocycles. The van der Waals surface area contributed by atoms with Gasteiger partial charge in [-0.3, -0.25) is 0 Å². The van der Waals surface area contributed by atoms with Gasteiger partial charge >= 0.3 is 0 Å². The van der Waals surface area contributed by atoms with E-state index in [1.807, 2.05) is 0 Å². The van der Waals surface area contributed by atoms with Crippen molar-refractivity contribution in [2.24, 2.45) is 16.7 Å². The number of hydrogen-bond donors (Lipinski definition) is 1. The largest absolute Gasteiger partial charge is 0.378 e. The zero-order chi connectivity index (χ0) is 13.9. The normalized spacial score (nSPS) is 36.6. The predicted molar refractivity (Wildman–Crippen MR) is 81.4 cm³/mol. The van der Waals surface area contributed by atoms with Crippen molar-refractivity contribution < 1.29 is 4.74 Å². The van der Waals surface area contributed by atoms with E-state index in [0.29, 0.717) is 16.9 Å². The summed E-state index contributed by atoms with van der Waals surface area (Å²) in [5, 5.41) is 3.45. The molecule has 0 aromatic heterocycles. The van der Waals surface area contributed by atoms with Crippen molar-refractivity contribution in [3.8, 4) is 0 Å². The van der Waals surface area contributed by atoms with E-state index >= 15 is 0 Å². The standard InChI is InChI=1S/C17H33NO/c1-16(2,3)14-7-9-17(10-8-14,13-18-4)12-15-6-5-11-19-15/h14-15,18H,5-13H2,1-4H3. The molecule has 1 heterocycles. The van der Waals surface area contributed by atoms with Crippen LogP contribution >= 0.6 is 0 Å². The van der Waals surface area contributed by atoms with Gasteiger partial charge in [0.15, 0.2) is 0 Å². The van der Waals surface area contributed by atoms with Gasteiger partial charge in [-0.05, 0) is 68.7 Å². The number of rotatable bonds is 4. The van der Waals surface area contributed by atoms with E-state index in [9.17, 15) is 0 Å². The quantitative estimate of drug-likeness (QED) is 0.831. The molecule has 2 rings (SSSR count). The minimum absolute atomic E-state index is 0.482. The molecule has 1 N–H and O–H groups in total. The van der Waals surface area contributed by atoms with Crippen molar-refractivity contribution in [2.75, 3.05) is 20.2 Å². The highest BCUT2D eigenvalue weighted by Gasteiger charge is 2.40. The van der Waals surface area contributed by atoms with Gasteiger partial charge in [0.1, 0.15) is 0 Å². The summed E-state index contributed by atoms with van der Waals surface area (Å²) in [5.74, 6) is 0.905. The fourth-order valence-electron chi connectivity index (χ4n) is 4.21. The summed E-state index contributed by atoms with van der Waals surface area (Å²) in [4.78, 5) is 0. The molecule has 1 unspecified atom stereocenters. The summed E-state index contributed by atoms with van der Waals surface area (Å²) in [5.41, 5.74) is 0.987. The summed E-state index contributed by atoms with van der Waals surface area (Å²) in [6, 6.07) is 0. The average Bonchev–Trinajstić information content (AvgIpc) is 2.81. The molecule has 2 aliphatic rings. The maximum Gasteiger partial charge on any atom is 0.0581 e. The minimum Gasteiger partial charge on any atom is -0.378 e. The monoisotopic (exact) mass is 267 g/mol. The van der Waals surface area contributed by atoms with E-state index in [1.165, 1.54) is 51.5 Å². The van der Waals surface area contributed by atoms with E-state index in [2.05, 4.69) is 33.1 Å². The molecule has 1 saturated heterocycles. The summed E-state index contributed by atoms with van der Waals surface area (Å²) < 4.78 is 5.89. The second kappa shape index (κ2) is 6.13. The number of nitrogens with one attached hydrogen (secondary N) is 1. The van der Waals surface area contributed by atoms with Crippen LogP contribution in [0.1, 0.15) is 65.7 Å². The van der Waals surface area contributed by atoms with E-state index < -0.39 is 0 Å². The molecule has 2 heteroatoms. The van der Waals surface area contributed by atoms with Gasteiger partial charge in [-0.2, -0.15) is 0 Å². The van der Waals surface area contributed by atoms with Gasteiger partial charge in [-0.1, -0.05) is 20.8 Å². The Balaban J connectivity index is 1.94. The molecule has 1 aliphatic heterocycles. The molecule has 2 fully saturated rings. The van der Waals surface area contributed by atoms with Crippen molar-refractivity contribution >= 4 is 0 Å². The number of ether oxygens (including phenoxy) is 1. The van der Waals surface area contributed by atoms with Crippen LogP contribution in [-0.2, 0) is 4.74 Å². The van der Waals surface area contributed by atoms with Gasteiger partial charge in [-0.15, -0.1) is 0 Å². The third kappa shape index (κ3) is 3.95. The molecule has 1 atom stereocenters. The zero-order valence-corrected chi connectivity index (χ0v) is 13.4. The molecule has 0 aromatic carbocycles. The fraction of sp³-hybridized carbons (Fsp3) is 1.00. The molecule has 112 valence electrons. The van der Waals surface area contributed by atoms with Crippen LogP contribution in [0.2, 0.25) is 0 Å². The van der Waals surface area contributed by atoms with Crippen LogP contribution in [0.4, 0.5) is 0 Å². The van der Waals surface area contributed by atoms with Crippen molar-refractivity contribution in [1.82, 2.24) is 5.32 Å². The fourth-order valence-corrected chi connectivity index (χ4v) is 4.21. The second-order valence-corrected chi connectivity index (χ2v) is 8.01. The van der Waals surface area contributed by atoms with Crippen LogP contribution in [0.5, 0.6) is 0 Å². The minimum atomic E-state index is 0.482. The highest BCUT2D eigenvalue weighted by molar-refractivity contribution is 4.92. The van der Waals surface area contributed by atoms with Crippen LogP contribution in [0.3, 0.4) is 0 Å².